The Hall–Kier alpha value is -0.960. The SMILES string of the molecule is CNC(c1cc(F)ccc1F)C1CCCC(C)C1. The fraction of sp³-hybridized carbons (Fsp3) is 0.600. The van der Waals surface area contributed by atoms with Gasteiger partial charge in [0.2, 0.25) is 0 Å². The molecule has 18 heavy (non-hydrogen) atoms. The molecule has 1 saturated carbocycles. The van der Waals surface area contributed by atoms with Gasteiger partial charge in [0, 0.05) is 11.6 Å². The second-order valence-electron chi connectivity index (χ2n) is 5.46. The van der Waals surface area contributed by atoms with Gasteiger partial charge in [-0.2, -0.15) is 0 Å². The fourth-order valence-electron chi connectivity index (χ4n) is 3.18. The highest BCUT2D eigenvalue weighted by Crippen LogP contribution is 2.37. The molecule has 0 amide bonds. The summed E-state index contributed by atoms with van der Waals surface area (Å²) in [4.78, 5) is 0. The molecule has 1 fully saturated rings. The van der Waals surface area contributed by atoms with E-state index in [9.17, 15) is 8.78 Å². The van der Waals surface area contributed by atoms with E-state index in [2.05, 4.69) is 12.2 Å². The summed E-state index contributed by atoms with van der Waals surface area (Å²) in [7, 11) is 1.83. The molecule has 0 radical (unpaired) electrons. The van der Waals surface area contributed by atoms with Crippen molar-refractivity contribution in [3.63, 3.8) is 0 Å². The molecule has 1 aromatic rings. The van der Waals surface area contributed by atoms with Gasteiger partial charge in [-0.3, -0.25) is 0 Å². The lowest BCUT2D eigenvalue weighted by atomic mass is 9.76. The minimum absolute atomic E-state index is 0.0801. The maximum Gasteiger partial charge on any atom is 0.128 e. The largest absolute Gasteiger partial charge is 0.313 e. The van der Waals surface area contributed by atoms with E-state index in [1.54, 1.807) is 0 Å². The number of halogens is 2. The molecule has 0 saturated heterocycles. The van der Waals surface area contributed by atoms with Crippen molar-refractivity contribution in [2.45, 2.75) is 38.6 Å². The van der Waals surface area contributed by atoms with Crippen LogP contribution < -0.4 is 5.32 Å². The van der Waals surface area contributed by atoms with Crippen molar-refractivity contribution in [3.05, 3.63) is 35.4 Å². The minimum Gasteiger partial charge on any atom is -0.313 e. The molecule has 3 heteroatoms. The molecule has 0 aromatic heterocycles. The zero-order valence-corrected chi connectivity index (χ0v) is 11.0. The normalized spacial score (nSPS) is 26.0. The minimum atomic E-state index is -0.365. The first-order valence-corrected chi connectivity index (χ1v) is 6.74. The lowest BCUT2D eigenvalue weighted by Crippen LogP contribution is -2.29. The third-order valence-corrected chi connectivity index (χ3v) is 4.05. The van der Waals surface area contributed by atoms with Crippen LogP contribution in [0, 0.1) is 23.5 Å². The van der Waals surface area contributed by atoms with Crippen molar-refractivity contribution in [2.24, 2.45) is 11.8 Å². The third-order valence-electron chi connectivity index (χ3n) is 4.05. The van der Waals surface area contributed by atoms with Crippen molar-refractivity contribution in [1.82, 2.24) is 5.32 Å². The third kappa shape index (κ3) is 2.89. The van der Waals surface area contributed by atoms with Crippen LogP contribution in [-0.2, 0) is 0 Å². The summed E-state index contributed by atoms with van der Waals surface area (Å²) >= 11 is 0. The second-order valence-corrected chi connectivity index (χ2v) is 5.46. The van der Waals surface area contributed by atoms with Gasteiger partial charge in [-0.15, -0.1) is 0 Å². The first-order chi connectivity index (χ1) is 8.61. The molecule has 0 bridgehead atoms. The molecule has 1 aliphatic carbocycles. The first kappa shape index (κ1) is 13.5. The molecule has 1 N–H and O–H groups in total. The second kappa shape index (κ2) is 5.79. The Bertz CT molecular complexity index is 405. The molecule has 0 spiro atoms. The van der Waals surface area contributed by atoms with E-state index >= 15 is 0 Å². The summed E-state index contributed by atoms with van der Waals surface area (Å²) < 4.78 is 27.1. The first-order valence-electron chi connectivity index (χ1n) is 6.74. The fourth-order valence-corrected chi connectivity index (χ4v) is 3.18. The van der Waals surface area contributed by atoms with Crippen LogP contribution in [0.1, 0.15) is 44.2 Å². The Morgan fingerprint density at radius 3 is 2.72 bits per heavy atom. The highest BCUT2D eigenvalue weighted by molar-refractivity contribution is 5.23. The van der Waals surface area contributed by atoms with Crippen LogP contribution in [0.5, 0.6) is 0 Å². The predicted octanol–water partition coefficient (Wildman–Crippen LogP) is 4.05. The van der Waals surface area contributed by atoms with Gasteiger partial charge in [0.25, 0.3) is 0 Å². The molecule has 0 aliphatic heterocycles. The maximum atomic E-state index is 13.9. The maximum absolute atomic E-state index is 13.9. The van der Waals surface area contributed by atoms with Crippen molar-refractivity contribution in [1.29, 1.82) is 0 Å². The van der Waals surface area contributed by atoms with Crippen LogP contribution in [-0.4, -0.2) is 7.05 Å². The van der Waals surface area contributed by atoms with E-state index in [0.29, 0.717) is 17.4 Å². The number of benzene rings is 1. The zero-order valence-electron chi connectivity index (χ0n) is 11.0. The van der Waals surface area contributed by atoms with Crippen molar-refractivity contribution < 1.29 is 8.78 Å². The van der Waals surface area contributed by atoms with Crippen LogP contribution in [0.2, 0.25) is 0 Å². The monoisotopic (exact) mass is 253 g/mol. The highest BCUT2D eigenvalue weighted by atomic mass is 19.1. The molecule has 0 heterocycles. The van der Waals surface area contributed by atoms with E-state index in [-0.39, 0.29) is 17.7 Å². The highest BCUT2D eigenvalue weighted by Gasteiger charge is 2.28. The molecule has 100 valence electrons. The van der Waals surface area contributed by atoms with Crippen LogP contribution in [0.15, 0.2) is 18.2 Å². The van der Waals surface area contributed by atoms with Gasteiger partial charge in [-0.1, -0.05) is 19.8 Å². The standard InChI is InChI=1S/C15H21F2N/c1-10-4-3-5-11(8-10)15(18-2)13-9-12(16)6-7-14(13)17/h6-7,9-11,15,18H,3-5,8H2,1-2H3. The molecule has 1 nitrogen and oxygen atoms in total. The molecular weight excluding hydrogens is 232 g/mol. The van der Waals surface area contributed by atoms with E-state index in [0.717, 1.165) is 12.8 Å². The predicted molar refractivity (Wildman–Crippen MR) is 69.3 cm³/mol. The van der Waals surface area contributed by atoms with Gasteiger partial charge in [-0.25, -0.2) is 8.78 Å². The Labute approximate surface area is 108 Å². The summed E-state index contributed by atoms with van der Waals surface area (Å²) in [5, 5.41) is 3.17. The van der Waals surface area contributed by atoms with E-state index < -0.39 is 0 Å². The number of hydrogen-bond donors (Lipinski definition) is 1. The molecule has 1 aromatic carbocycles. The van der Waals surface area contributed by atoms with Crippen molar-refractivity contribution >= 4 is 0 Å². The Morgan fingerprint density at radius 2 is 2.06 bits per heavy atom. The summed E-state index contributed by atoms with van der Waals surface area (Å²) in [5.74, 6) is 0.399. The van der Waals surface area contributed by atoms with E-state index in [1.807, 2.05) is 7.05 Å². The summed E-state index contributed by atoms with van der Waals surface area (Å²) in [6.45, 7) is 2.24. The van der Waals surface area contributed by atoms with Crippen LogP contribution in [0.4, 0.5) is 8.78 Å². The zero-order chi connectivity index (χ0) is 13.1. The van der Waals surface area contributed by atoms with Gasteiger partial charge < -0.3 is 5.32 Å². The smallest absolute Gasteiger partial charge is 0.128 e. The van der Waals surface area contributed by atoms with Gasteiger partial charge in [0.05, 0.1) is 0 Å². The van der Waals surface area contributed by atoms with Crippen LogP contribution >= 0.6 is 0 Å². The Kier molecular flexibility index (Phi) is 4.33. The number of rotatable bonds is 3. The number of nitrogens with one attached hydrogen (secondary N) is 1. The van der Waals surface area contributed by atoms with Gasteiger partial charge in [0.15, 0.2) is 0 Å². The lowest BCUT2D eigenvalue weighted by molar-refractivity contribution is 0.226. The van der Waals surface area contributed by atoms with Crippen molar-refractivity contribution in [2.75, 3.05) is 7.05 Å². The number of hydrogen-bond acceptors (Lipinski definition) is 1. The Morgan fingerprint density at radius 1 is 1.28 bits per heavy atom. The summed E-state index contributed by atoms with van der Waals surface area (Å²) in [5.41, 5.74) is 0.469. The average molecular weight is 253 g/mol. The van der Waals surface area contributed by atoms with Gasteiger partial charge in [-0.05, 0) is 49.9 Å². The Balaban J connectivity index is 2.24. The van der Waals surface area contributed by atoms with E-state index in [4.69, 9.17) is 0 Å². The van der Waals surface area contributed by atoms with Crippen LogP contribution in [0.25, 0.3) is 0 Å². The van der Waals surface area contributed by atoms with Crippen LogP contribution in [0.3, 0.4) is 0 Å². The van der Waals surface area contributed by atoms with E-state index in [1.165, 1.54) is 31.0 Å². The average Bonchev–Trinajstić information content (AvgIpc) is 2.35. The van der Waals surface area contributed by atoms with Crippen molar-refractivity contribution in [3.8, 4) is 0 Å². The summed E-state index contributed by atoms with van der Waals surface area (Å²) in [6.07, 6.45) is 4.60. The summed E-state index contributed by atoms with van der Waals surface area (Å²) in [6, 6.07) is 3.65. The van der Waals surface area contributed by atoms with Gasteiger partial charge in [0.1, 0.15) is 11.6 Å². The quantitative estimate of drug-likeness (QED) is 0.857. The topological polar surface area (TPSA) is 12.0 Å². The molecule has 3 unspecified atom stereocenters. The molecule has 2 rings (SSSR count). The molecule has 1 aliphatic rings. The molecule has 3 atom stereocenters. The lowest BCUT2D eigenvalue weighted by Gasteiger charge is -2.33. The molecular formula is C15H21F2N. The van der Waals surface area contributed by atoms with Gasteiger partial charge >= 0.3 is 0 Å².